The number of benzene rings is 1. The maximum Gasteiger partial charge on any atom is 0.419 e. The van der Waals surface area contributed by atoms with Crippen molar-refractivity contribution in [1.82, 2.24) is 5.43 Å². The molecule has 88 valence electrons. The van der Waals surface area contributed by atoms with Crippen molar-refractivity contribution in [3.8, 4) is 5.75 Å². The van der Waals surface area contributed by atoms with Gasteiger partial charge < -0.3 is 4.74 Å². The Kier molecular flexibility index (Phi) is 3.73. The highest BCUT2D eigenvalue weighted by molar-refractivity contribution is 5.76. The highest BCUT2D eigenvalue weighted by atomic mass is 19.4. The van der Waals surface area contributed by atoms with Crippen molar-refractivity contribution < 1.29 is 22.7 Å². The van der Waals surface area contributed by atoms with E-state index >= 15 is 0 Å². The number of para-hydroxylation sites is 1. The average molecular weight is 234 g/mol. The maximum atomic E-state index is 12.4. The Hall–Kier alpha value is -1.76. The van der Waals surface area contributed by atoms with Gasteiger partial charge in [0.05, 0.1) is 5.56 Å². The van der Waals surface area contributed by atoms with E-state index in [0.29, 0.717) is 0 Å². The molecule has 0 radical (unpaired) electrons. The molecule has 0 heterocycles. The van der Waals surface area contributed by atoms with Crippen LogP contribution < -0.4 is 16.0 Å². The quantitative estimate of drug-likeness (QED) is 0.467. The molecule has 0 aromatic heterocycles. The first-order chi connectivity index (χ1) is 7.45. The first-order valence-corrected chi connectivity index (χ1v) is 4.23. The Bertz CT molecular complexity index is 379. The van der Waals surface area contributed by atoms with E-state index in [0.717, 1.165) is 12.1 Å². The summed E-state index contributed by atoms with van der Waals surface area (Å²) in [5, 5.41) is 0. The lowest BCUT2D eigenvalue weighted by molar-refractivity contribution is -0.139. The summed E-state index contributed by atoms with van der Waals surface area (Å²) >= 11 is 0. The average Bonchev–Trinajstić information content (AvgIpc) is 2.25. The molecule has 0 atom stereocenters. The summed E-state index contributed by atoms with van der Waals surface area (Å²) in [6.07, 6.45) is -4.52. The molecule has 4 nitrogen and oxygen atoms in total. The van der Waals surface area contributed by atoms with Crippen molar-refractivity contribution in [1.29, 1.82) is 0 Å². The Morgan fingerprint density at radius 3 is 2.56 bits per heavy atom. The predicted octanol–water partition coefficient (Wildman–Crippen LogP) is 1.07. The minimum absolute atomic E-state index is 0.404. The topological polar surface area (TPSA) is 64.3 Å². The van der Waals surface area contributed by atoms with Crippen molar-refractivity contribution in [3.05, 3.63) is 29.8 Å². The first-order valence-electron chi connectivity index (χ1n) is 4.23. The number of halogens is 3. The number of nitrogens with one attached hydrogen (secondary N) is 1. The van der Waals surface area contributed by atoms with E-state index in [1.165, 1.54) is 12.1 Å². The molecule has 0 spiro atoms. The highest BCUT2D eigenvalue weighted by Crippen LogP contribution is 2.35. The Labute approximate surface area is 89.2 Å². The van der Waals surface area contributed by atoms with E-state index in [2.05, 4.69) is 0 Å². The van der Waals surface area contributed by atoms with Crippen molar-refractivity contribution in [2.45, 2.75) is 6.18 Å². The number of amides is 1. The van der Waals surface area contributed by atoms with Crippen LogP contribution in [0, 0.1) is 0 Å². The summed E-state index contributed by atoms with van der Waals surface area (Å²) in [4.78, 5) is 10.7. The van der Waals surface area contributed by atoms with Gasteiger partial charge in [0.25, 0.3) is 5.91 Å². The molecule has 1 aromatic rings. The summed E-state index contributed by atoms with van der Waals surface area (Å²) in [5.41, 5.74) is 0.818. The van der Waals surface area contributed by atoms with Crippen LogP contribution in [0.15, 0.2) is 24.3 Å². The van der Waals surface area contributed by atoms with Crippen LogP contribution in [0.4, 0.5) is 13.2 Å². The molecule has 0 aliphatic heterocycles. The van der Waals surface area contributed by atoms with Gasteiger partial charge in [-0.05, 0) is 12.1 Å². The number of ether oxygens (including phenoxy) is 1. The third-order valence-corrected chi connectivity index (χ3v) is 1.71. The summed E-state index contributed by atoms with van der Waals surface area (Å²) in [7, 11) is 0. The van der Waals surface area contributed by atoms with Crippen molar-refractivity contribution >= 4 is 5.91 Å². The summed E-state index contributed by atoms with van der Waals surface area (Å²) in [5.74, 6) is 3.64. The fraction of sp³-hybridized carbons (Fsp3) is 0.222. The monoisotopic (exact) mass is 234 g/mol. The number of hydrogen-bond acceptors (Lipinski definition) is 3. The molecule has 1 rings (SSSR count). The lowest BCUT2D eigenvalue weighted by Gasteiger charge is -2.12. The fourth-order valence-corrected chi connectivity index (χ4v) is 1.01. The molecule has 0 aliphatic carbocycles. The van der Waals surface area contributed by atoms with Gasteiger partial charge in [0.1, 0.15) is 5.75 Å². The third-order valence-electron chi connectivity index (χ3n) is 1.71. The normalized spacial score (nSPS) is 11.0. The van der Waals surface area contributed by atoms with Crippen LogP contribution in [0.1, 0.15) is 5.56 Å². The molecule has 0 unspecified atom stereocenters. The number of carbonyl (C=O) groups excluding carboxylic acids is 1. The second-order valence-corrected chi connectivity index (χ2v) is 2.85. The van der Waals surface area contributed by atoms with Crippen LogP contribution in [-0.2, 0) is 11.0 Å². The Balaban J connectivity index is 2.84. The maximum absolute atomic E-state index is 12.4. The minimum Gasteiger partial charge on any atom is -0.483 e. The molecule has 3 N–H and O–H groups in total. The molecular weight excluding hydrogens is 225 g/mol. The van der Waals surface area contributed by atoms with Crippen LogP contribution in [0.3, 0.4) is 0 Å². The van der Waals surface area contributed by atoms with Crippen molar-refractivity contribution in [3.63, 3.8) is 0 Å². The highest BCUT2D eigenvalue weighted by Gasteiger charge is 2.34. The molecule has 0 fully saturated rings. The lowest BCUT2D eigenvalue weighted by atomic mass is 10.2. The molecule has 1 aromatic carbocycles. The molecular formula is C9H9F3N2O2. The molecule has 7 heteroatoms. The van der Waals surface area contributed by atoms with Crippen molar-refractivity contribution in [2.75, 3.05) is 6.61 Å². The second kappa shape index (κ2) is 4.84. The SMILES string of the molecule is NNC(=O)COc1ccccc1C(F)(F)F. The largest absolute Gasteiger partial charge is 0.483 e. The van der Waals surface area contributed by atoms with Crippen LogP contribution >= 0.6 is 0 Å². The molecule has 1 amide bonds. The van der Waals surface area contributed by atoms with Gasteiger partial charge in [-0.15, -0.1) is 0 Å². The predicted molar refractivity (Wildman–Crippen MR) is 49.3 cm³/mol. The number of nitrogens with two attached hydrogens (primary N) is 1. The van der Waals surface area contributed by atoms with E-state index in [9.17, 15) is 18.0 Å². The number of carbonyl (C=O) groups is 1. The van der Waals surface area contributed by atoms with Gasteiger partial charge in [0.2, 0.25) is 0 Å². The van der Waals surface area contributed by atoms with Gasteiger partial charge in [-0.1, -0.05) is 12.1 Å². The Morgan fingerprint density at radius 2 is 2.00 bits per heavy atom. The van der Waals surface area contributed by atoms with Crippen LogP contribution in [0.2, 0.25) is 0 Å². The molecule has 16 heavy (non-hydrogen) atoms. The molecule has 0 saturated heterocycles. The number of hydrazine groups is 1. The molecule has 0 saturated carbocycles. The van der Waals surface area contributed by atoms with E-state index < -0.39 is 30.0 Å². The summed E-state index contributed by atoms with van der Waals surface area (Å²) in [6.45, 7) is -0.566. The smallest absolute Gasteiger partial charge is 0.419 e. The number of alkyl halides is 3. The molecule has 0 aliphatic rings. The van der Waals surface area contributed by atoms with Gasteiger partial charge in [-0.3, -0.25) is 10.2 Å². The number of rotatable bonds is 3. The Morgan fingerprint density at radius 1 is 1.38 bits per heavy atom. The minimum atomic E-state index is -4.52. The van der Waals surface area contributed by atoms with Crippen LogP contribution in [0.25, 0.3) is 0 Å². The molecule has 0 bridgehead atoms. The van der Waals surface area contributed by atoms with Crippen molar-refractivity contribution in [2.24, 2.45) is 5.84 Å². The summed E-state index contributed by atoms with van der Waals surface area (Å²) in [6, 6.07) is 4.62. The van der Waals surface area contributed by atoms with Gasteiger partial charge in [0, 0.05) is 0 Å². The van der Waals surface area contributed by atoms with E-state index in [4.69, 9.17) is 10.6 Å². The zero-order valence-electron chi connectivity index (χ0n) is 8.04. The third kappa shape index (κ3) is 3.13. The lowest BCUT2D eigenvalue weighted by Crippen LogP contribution is -2.34. The first kappa shape index (κ1) is 12.3. The summed E-state index contributed by atoms with van der Waals surface area (Å²) < 4.78 is 42.1. The van der Waals surface area contributed by atoms with E-state index in [-0.39, 0.29) is 0 Å². The van der Waals surface area contributed by atoms with Gasteiger partial charge in [-0.25, -0.2) is 5.84 Å². The fourth-order valence-electron chi connectivity index (χ4n) is 1.01. The van der Waals surface area contributed by atoms with Gasteiger partial charge in [-0.2, -0.15) is 13.2 Å². The number of hydrogen-bond donors (Lipinski definition) is 2. The second-order valence-electron chi connectivity index (χ2n) is 2.85. The van der Waals surface area contributed by atoms with Gasteiger partial charge >= 0.3 is 6.18 Å². The van der Waals surface area contributed by atoms with Gasteiger partial charge in [0.15, 0.2) is 6.61 Å². The van der Waals surface area contributed by atoms with E-state index in [1.807, 2.05) is 0 Å². The van der Waals surface area contributed by atoms with Crippen LogP contribution in [-0.4, -0.2) is 12.5 Å². The standard InChI is InChI=1S/C9H9F3N2O2/c10-9(11,12)6-3-1-2-4-7(6)16-5-8(15)14-13/h1-4H,5,13H2,(H,14,15). The van der Waals surface area contributed by atoms with E-state index in [1.54, 1.807) is 5.43 Å². The zero-order valence-corrected chi connectivity index (χ0v) is 8.04. The van der Waals surface area contributed by atoms with Crippen LogP contribution in [0.5, 0.6) is 5.75 Å². The zero-order chi connectivity index (χ0) is 12.2.